The Labute approximate surface area is 145 Å². The molecule has 1 aliphatic carbocycles. The molecule has 0 bridgehead atoms. The summed E-state index contributed by atoms with van der Waals surface area (Å²) >= 11 is 0. The molecular weight excluding hydrogens is 312 g/mol. The van der Waals surface area contributed by atoms with Crippen molar-refractivity contribution in [2.24, 2.45) is 11.7 Å². The van der Waals surface area contributed by atoms with E-state index in [2.05, 4.69) is 5.32 Å². The highest BCUT2D eigenvalue weighted by molar-refractivity contribution is 5.85. The summed E-state index contributed by atoms with van der Waals surface area (Å²) in [4.78, 5) is 12.1. The van der Waals surface area contributed by atoms with Gasteiger partial charge < -0.3 is 15.8 Å². The van der Waals surface area contributed by atoms with E-state index in [-0.39, 0.29) is 24.4 Å². The normalized spacial score (nSPS) is 16.3. The Morgan fingerprint density at radius 3 is 2.74 bits per heavy atom. The Morgan fingerprint density at radius 1 is 1.35 bits per heavy atom. The second-order valence-corrected chi connectivity index (χ2v) is 6.22. The second-order valence-electron chi connectivity index (χ2n) is 6.22. The minimum atomic E-state index is 0. The molecule has 23 heavy (non-hydrogen) atoms. The minimum Gasteiger partial charge on any atom is -0.493 e. The topological polar surface area (TPSA) is 64.3 Å². The first-order valence-corrected chi connectivity index (χ1v) is 8.38. The molecule has 1 aliphatic rings. The molecule has 0 heterocycles. The molecule has 1 saturated carbocycles. The van der Waals surface area contributed by atoms with E-state index in [0.29, 0.717) is 25.5 Å². The summed E-state index contributed by atoms with van der Waals surface area (Å²) in [6, 6.07) is 7.98. The first-order valence-electron chi connectivity index (χ1n) is 8.38. The van der Waals surface area contributed by atoms with Crippen LogP contribution in [0.15, 0.2) is 24.3 Å². The molecule has 0 radical (unpaired) electrons. The number of rotatable bonds is 7. The quantitative estimate of drug-likeness (QED) is 0.801. The van der Waals surface area contributed by atoms with Crippen molar-refractivity contribution in [1.29, 1.82) is 0 Å². The van der Waals surface area contributed by atoms with Gasteiger partial charge in [-0.05, 0) is 43.4 Å². The predicted octanol–water partition coefficient (Wildman–Crippen LogP) is 3.21. The van der Waals surface area contributed by atoms with Gasteiger partial charge in [0.25, 0.3) is 0 Å². The van der Waals surface area contributed by atoms with E-state index < -0.39 is 0 Å². The predicted molar refractivity (Wildman–Crippen MR) is 96.1 cm³/mol. The third kappa shape index (κ3) is 6.80. The summed E-state index contributed by atoms with van der Waals surface area (Å²) in [7, 11) is 0. The van der Waals surface area contributed by atoms with Crippen molar-refractivity contribution in [2.45, 2.75) is 51.5 Å². The molecule has 0 saturated heterocycles. The maximum atomic E-state index is 12.1. The molecule has 1 aromatic rings. The fourth-order valence-corrected chi connectivity index (χ4v) is 3.15. The van der Waals surface area contributed by atoms with Crippen LogP contribution in [0.4, 0.5) is 0 Å². The summed E-state index contributed by atoms with van der Waals surface area (Å²) in [5.41, 5.74) is 7.00. The number of halogens is 1. The van der Waals surface area contributed by atoms with Gasteiger partial charge in [-0.25, -0.2) is 0 Å². The van der Waals surface area contributed by atoms with Gasteiger partial charge in [-0.3, -0.25) is 4.79 Å². The van der Waals surface area contributed by atoms with Crippen LogP contribution in [0.25, 0.3) is 0 Å². The number of carbonyl (C=O) groups is 1. The molecule has 4 nitrogen and oxygen atoms in total. The van der Waals surface area contributed by atoms with E-state index in [9.17, 15) is 4.79 Å². The van der Waals surface area contributed by atoms with Gasteiger partial charge >= 0.3 is 0 Å². The summed E-state index contributed by atoms with van der Waals surface area (Å²) in [5, 5.41) is 3.09. The van der Waals surface area contributed by atoms with Crippen molar-refractivity contribution in [3.8, 4) is 5.75 Å². The Kier molecular flexibility index (Phi) is 9.03. The maximum absolute atomic E-state index is 12.1. The number of ether oxygens (including phenoxy) is 1. The molecule has 2 rings (SSSR count). The monoisotopic (exact) mass is 340 g/mol. The number of amides is 1. The van der Waals surface area contributed by atoms with Gasteiger partial charge in [-0.15, -0.1) is 12.4 Å². The second kappa shape index (κ2) is 10.5. The summed E-state index contributed by atoms with van der Waals surface area (Å²) in [6.07, 6.45) is 6.56. The Balaban J connectivity index is 0.00000264. The smallest absolute Gasteiger partial charge is 0.223 e. The molecule has 1 atom stereocenters. The van der Waals surface area contributed by atoms with E-state index in [1.165, 1.54) is 32.1 Å². The molecule has 0 spiro atoms. The lowest BCUT2D eigenvalue weighted by atomic mass is 9.84. The number of carbonyl (C=O) groups excluding carboxylic acids is 1. The van der Waals surface area contributed by atoms with Crippen LogP contribution < -0.4 is 15.8 Å². The van der Waals surface area contributed by atoms with Crippen molar-refractivity contribution < 1.29 is 9.53 Å². The van der Waals surface area contributed by atoms with E-state index >= 15 is 0 Å². The lowest BCUT2D eigenvalue weighted by molar-refractivity contribution is -0.122. The van der Waals surface area contributed by atoms with Crippen molar-refractivity contribution in [3.63, 3.8) is 0 Å². The van der Waals surface area contributed by atoms with Gasteiger partial charge in [-0.1, -0.05) is 31.4 Å². The lowest BCUT2D eigenvalue weighted by Gasteiger charge is -2.30. The third-order valence-electron chi connectivity index (χ3n) is 4.41. The highest BCUT2D eigenvalue weighted by atomic mass is 35.5. The average Bonchev–Trinajstić information content (AvgIpc) is 2.53. The van der Waals surface area contributed by atoms with Crippen LogP contribution in [0.5, 0.6) is 5.75 Å². The van der Waals surface area contributed by atoms with E-state index in [4.69, 9.17) is 10.5 Å². The van der Waals surface area contributed by atoms with Gasteiger partial charge in [0, 0.05) is 12.6 Å². The highest BCUT2D eigenvalue weighted by Crippen LogP contribution is 2.26. The number of nitrogens with two attached hydrogens (primary N) is 1. The van der Waals surface area contributed by atoms with Crippen LogP contribution >= 0.6 is 12.4 Å². The van der Waals surface area contributed by atoms with Gasteiger partial charge in [0.05, 0.1) is 13.0 Å². The van der Waals surface area contributed by atoms with E-state index in [1.54, 1.807) is 0 Å². The zero-order valence-corrected chi connectivity index (χ0v) is 14.7. The number of nitrogens with one attached hydrogen (secondary N) is 1. The number of aryl methyl sites for hydroxylation is 1. The van der Waals surface area contributed by atoms with Gasteiger partial charge in [0.2, 0.25) is 5.91 Å². The Bertz CT molecular complexity index is 476. The molecule has 3 N–H and O–H groups in total. The van der Waals surface area contributed by atoms with Crippen LogP contribution in [0.3, 0.4) is 0 Å². The zero-order valence-electron chi connectivity index (χ0n) is 13.9. The minimum absolute atomic E-state index is 0. The molecule has 5 heteroatoms. The number of hydrogen-bond acceptors (Lipinski definition) is 3. The summed E-state index contributed by atoms with van der Waals surface area (Å²) < 4.78 is 5.63. The molecular formula is C18H29ClN2O2. The Morgan fingerprint density at radius 2 is 2.09 bits per heavy atom. The van der Waals surface area contributed by atoms with Crippen LogP contribution in [0, 0.1) is 12.8 Å². The van der Waals surface area contributed by atoms with Crippen molar-refractivity contribution >= 4 is 18.3 Å². The van der Waals surface area contributed by atoms with Crippen molar-refractivity contribution in [1.82, 2.24) is 5.32 Å². The first kappa shape index (κ1) is 19.8. The standard InChI is InChI=1S/C18H28N2O2.ClH/c1-14-6-5-9-16(12-14)22-11-10-18(21)20-17(13-19)15-7-3-2-4-8-15;/h5-6,9,12,15,17H,2-4,7-8,10-11,13,19H2,1H3,(H,20,21);1H. The van der Waals surface area contributed by atoms with Crippen LogP contribution in [0.1, 0.15) is 44.1 Å². The molecule has 1 aromatic carbocycles. The highest BCUT2D eigenvalue weighted by Gasteiger charge is 2.23. The van der Waals surface area contributed by atoms with Crippen molar-refractivity contribution in [3.05, 3.63) is 29.8 Å². The molecule has 1 amide bonds. The largest absolute Gasteiger partial charge is 0.493 e. The number of benzene rings is 1. The SMILES string of the molecule is Cc1cccc(OCCC(=O)NC(CN)C2CCCCC2)c1.Cl. The summed E-state index contributed by atoms with van der Waals surface area (Å²) in [5.74, 6) is 1.39. The van der Waals surface area contributed by atoms with Crippen molar-refractivity contribution in [2.75, 3.05) is 13.2 Å². The molecule has 130 valence electrons. The van der Waals surface area contributed by atoms with E-state index in [1.807, 2.05) is 31.2 Å². The fourth-order valence-electron chi connectivity index (χ4n) is 3.15. The van der Waals surface area contributed by atoms with Gasteiger partial charge in [-0.2, -0.15) is 0 Å². The molecule has 0 aliphatic heterocycles. The molecule has 0 aromatic heterocycles. The molecule has 1 unspecified atom stereocenters. The van der Waals surface area contributed by atoms with Gasteiger partial charge in [0.1, 0.15) is 5.75 Å². The third-order valence-corrected chi connectivity index (χ3v) is 4.41. The fraction of sp³-hybridized carbons (Fsp3) is 0.611. The van der Waals surface area contributed by atoms with E-state index in [0.717, 1.165) is 11.3 Å². The first-order chi connectivity index (χ1) is 10.7. The van der Waals surface area contributed by atoms with Crippen LogP contribution in [0.2, 0.25) is 0 Å². The number of hydrogen-bond donors (Lipinski definition) is 2. The zero-order chi connectivity index (χ0) is 15.8. The lowest BCUT2D eigenvalue weighted by Crippen LogP contribution is -2.46. The van der Waals surface area contributed by atoms with Gasteiger partial charge in [0.15, 0.2) is 0 Å². The van der Waals surface area contributed by atoms with Crippen LogP contribution in [-0.4, -0.2) is 25.1 Å². The average molecular weight is 341 g/mol. The summed E-state index contributed by atoms with van der Waals surface area (Å²) in [6.45, 7) is 2.95. The molecule has 1 fully saturated rings. The van der Waals surface area contributed by atoms with Crippen LogP contribution in [-0.2, 0) is 4.79 Å². The Hall–Kier alpha value is -1.26. The maximum Gasteiger partial charge on any atom is 0.223 e.